The predicted octanol–water partition coefficient (Wildman–Crippen LogP) is 2.41. The van der Waals surface area contributed by atoms with Gasteiger partial charge in [-0.3, -0.25) is 4.79 Å². The van der Waals surface area contributed by atoms with Crippen molar-refractivity contribution in [2.24, 2.45) is 0 Å². The molecule has 0 unspecified atom stereocenters. The Kier molecular flexibility index (Phi) is 2.28. The van der Waals surface area contributed by atoms with E-state index in [1.54, 1.807) is 0 Å². The Hall–Kier alpha value is -1.31. The molecule has 0 radical (unpaired) electrons. The first-order valence-electron chi connectivity index (χ1n) is 5.03. The van der Waals surface area contributed by atoms with E-state index in [1.165, 1.54) is 11.1 Å². The summed E-state index contributed by atoms with van der Waals surface area (Å²) in [5.41, 5.74) is 3.58. The lowest BCUT2D eigenvalue weighted by Gasteiger charge is -2.18. The van der Waals surface area contributed by atoms with E-state index in [2.05, 4.69) is 19.1 Å². The first-order chi connectivity index (χ1) is 6.70. The molecule has 0 aromatic heterocycles. The highest BCUT2D eigenvalue weighted by molar-refractivity contribution is 5.76. The second-order valence-corrected chi connectivity index (χ2v) is 3.73. The fraction of sp³-hybridized carbons (Fsp3) is 0.417. The fourth-order valence-electron chi connectivity index (χ4n) is 1.87. The van der Waals surface area contributed by atoms with Gasteiger partial charge in [0.2, 0.25) is 0 Å². The lowest BCUT2D eigenvalue weighted by Crippen LogP contribution is -2.16. The largest absolute Gasteiger partial charge is 0.426 e. The summed E-state index contributed by atoms with van der Waals surface area (Å²) in [5.74, 6) is 0.684. The van der Waals surface area contributed by atoms with Crippen molar-refractivity contribution in [1.29, 1.82) is 0 Å². The number of ether oxygens (including phenoxy) is 1. The van der Waals surface area contributed by atoms with Crippen LogP contribution < -0.4 is 4.74 Å². The monoisotopic (exact) mass is 190 g/mol. The third-order valence-electron chi connectivity index (χ3n) is 2.63. The van der Waals surface area contributed by atoms with Gasteiger partial charge in [-0.2, -0.15) is 0 Å². The fourth-order valence-corrected chi connectivity index (χ4v) is 1.87. The Labute approximate surface area is 83.9 Å². The van der Waals surface area contributed by atoms with E-state index >= 15 is 0 Å². The van der Waals surface area contributed by atoms with E-state index in [-0.39, 0.29) is 5.97 Å². The van der Waals surface area contributed by atoms with Gasteiger partial charge in [-0.15, -0.1) is 0 Å². The Bertz CT molecular complexity index is 380. The van der Waals surface area contributed by atoms with Crippen LogP contribution in [0.4, 0.5) is 0 Å². The van der Waals surface area contributed by atoms with Crippen LogP contribution >= 0.6 is 0 Å². The van der Waals surface area contributed by atoms with E-state index in [0.29, 0.717) is 6.42 Å². The lowest BCUT2D eigenvalue weighted by molar-refractivity contribution is -0.135. The quantitative estimate of drug-likeness (QED) is 0.502. The van der Waals surface area contributed by atoms with Crippen molar-refractivity contribution in [2.45, 2.75) is 33.1 Å². The second-order valence-electron chi connectivity index (χ2n) is 3.73. The van der Waals surface area contributed by atoms with Gasteiger partial charge in [-0.25, -0.2) is 0 Å². The minimum absolute atomic E-state index is 0.107. The summed E-state index contributed by atoms with van der Waals surface area (Å²) < 4.78 is 5.22. The molecule has 0 spiro atoms. The van der Waals surface area contributed by atoms with Gasteiger partial charge in [0.1, 0.15) is 5.75 Å². The standard InChI is InChI=1S/C12H14O2/c1-3-9-6-8(2)12-10(7-9)4-5-11(13)14-12/h6-7H,3-5H2,1-2H3. The normalized spacial score (nSPS) is 14.9. The second kappa shape index (κ2) is 3.45. The van der Waals surface area contributed by atoms with Gasteiger partial charge in [-0.1, -0.05) is 19.1 Å². The van der Waals surface area contributed by atoms with Gasteiger partial charge in [0.05, 0.1) is 6.42 Å². The van der Waals surface area contributed by atoms with E-state index in [9.17, 15) is 4.79 Å². The summed E-state index contributed by atoms with van der Waals surface area (Å²) in [4.78, 5) is 11.1. The van der Waals surface area contributed by atoms with Crippen LogP contribution in [0.3, 0.4) is 0 Å². The number of fused-ring (bicyclic) bond motifs is 1. The summed E-state index contributed by atoms with van der Waals surface area (Å²) in [6.45, 7) is 4.13. The number of aryl methyl sites for hydroxylation is 3. The van der Waals surface area contributed by atoms with Crippen LogP contribution in [0.2, 0.25) is 0 Å². The topological polar surface area (TPSA) is 26.3 Å². The molecule has 0 saturated carbocycles. The van der Waals surface area contributed by atoms with Crippen LogP contribution in [0.15, 0.2) is 12.1 Å². The van der Waals surface area contributed by atoms with Crippen LogP contribution in [-0.2, 0) is 17.6 Å². The summed E-state index contributed by atoms with van der Waals surface area (Å²) in [6.07, 6.45) is 2.37. The van der Waals surface area contributed by atoms with Crippen molar-refractivity contribution >= 4 is 5.97 Å². The van der Waals surface area contributed by atoms with Crippen LogP contribution in [0.5, 0.6) is 5.75 Å². The van der Waals surface area contributed by atoms with Crippen molar-refractivity contribution in [3.63, 3.8) is 0 Å². The summed E-state index contributed by atoms with van der Waals surface area (Å²) >= 11 is 0. The Morgan fingerprint density at radius 1 is 1.36 bits per heavy atom. The summed E-state index contributed by atoms with van der Waals surface area (Å²) in [6, 6.07) is 4.24. The highest BCUT2D eigenvalue weighted by Crippen LogP contribution is 2.30. The van der Waals surface area contributed by atoms with Gasteiger partial charge >= 0.3 is 5.97 Å². The van der Waals surface area contributed by atoms with Crippen molar-refractivity contribution in [3.8, 4) is 5.75 Å². The molecule has 0 bridgehead atoms. The van der Waals surface area contributed by atoms with Crippen LogP contribution in [-0.4, -0.2) is 5.97 Å². The van der Waals surface area contributed by atoms with Crippen LogP contribution in [0.25, 0.3) is 0 Å². The molecular formula is C12H14O2. The minimum atomic E-state index is -0.107. The molecule has 1 aromatic carbocycles. The zero-order valence-corrected chi connectivity index (χ0v) is 8.59. The molecule has 1 aromatic rings. The number of hydrogen-bond donors (Lipinski definition) is 0. The maximum absolute atomic E-state index is 11.1. The summed E-state index contributed by atoms with van der Waals surface area (Å²) in [7, 11) is 0. The Balaban J connectivity index is 2.48. The molecule has 74 valence electrons. The van der Waals surface area contributed by atoms with Crippen molar-refractivity contribution < 1.29 is 9.53 Å². The van der Waals surface area contributed by atoms with E-state index in [0.717, 1.165) is 24.2 Å². The third kappa shape index (κ3) is 1.52. The maximum Gasteiger partial charge on any atom is 0.311 e. The van der Waals surface area contributed by atoms with Crippen LogP contribution in [0.1, 0.15) is 30.0 Å². The maximum atomic E-state index is 11.1. The number of carbonyl (C=O) groups excluding carboxylic acids is 1. The molecule has 0 N–H and O–H groups in total. The van der Waals surface area contributed by atoms with Gasteiger partial charge in [0.25, 0.3) is 0 Å². The first-order valence-corrected chi connectivity index (χ1v) is 5.03. The minimum Gasteiger partial charge on any atom is -0.426 e. The van der Waals surface area contributed by atoms with Gasteiger partial charge in [0.15, 0.2) is 0 Å². The molecule has 2 nitrogen and oxygen atoms in total. The number of esters is 1. The Morgan fingerprint density at radius 2 is 2.14 bits per heavy atom. The van der Waals surface area contributed by atoms with Crippen molar-refractivity contribution in [1.82, 2.24) is 0 Å². The molecule has 1 aliphatic rings. The molecule has 1 aliphatic heterocycles. The SMILES string of the molecule is CCc1cc(C)c2c(c1)CCC(=O)O2. The molecule has 2 rings (SSSR count). The smallest absolute Gasteiger partial charge is 0.311 e. The molecule has 0 atom stereocenters. The highest BCUT2D eigenvalue weighted by Gasteiger charge is 2.19. The van der Waals surface area contributed by atoms with Gasteiger partial charge < -0.3 is 4.74 Å². The predicted molar refractivity (Wildman–Crippen MR) is 54.5 cm³/mol. The van der Waals surface area contributed by atoms with Gasteiger partial charge in [-0.05, 0) is 36.5 Å². The third-order valence-corrected chi connectivity index (χ3v) is 2.63. The number of hydrogen-bond acceptors (Lipinski definition) is 2. The average molecular weight is 190 g/mol. The molecular weight excluding hydrogens is 176 g/mol. The molecule has 2 heteroatoms. The highest BCUT2D eigenvalue weighted by atomic mass is 16.5. The van der Waals surface area contributed by atoms with E-state index in [1.807, 2.05) is 6.92 Å². The van der Waals surface area contributed by atoms with Gasteiger partial charge in [0, 0.05) is 0 Å². The zero-order chi connectivity index (χ0) is 10.1. The van der Waals surface area contributed by atoms with Crippen molar-refractivity contribution in [2.75, 3.05) is 0 Å². The van der Waals surface area contributed by atoms with Crippen molar-refractivity contribution in [3.05, 3.63) is 28.8 Å². The first kappa shape index (κ1) is 9.25. The summed E-state index contributed by atoms with van der Waals surface area (Å²) in [5, 5.41) is 0. The molecule has 0 amide bonds. The molecule has 0 aliphatic carbocycles. The number of carbonyl (C=O) groups is 1. The van der Waals surface area contributed by atoms with E-state index < -0.39 is 0 Å². The molecule has 0 fully saturated rings. The number of benzene rings is 1. The molecule has 14 heavy (non-hydrogen) atoms. The molecule has 1 heterocycles. The molecule has 0 saturated heterocycles. The Morgan fingerprint density at radius 3 is 2.86 bits per heavy atom. The lowest BCUT2D eigenvalue weighted by atomic mass is 9.98. The number of rotatable bonds is 1. The zero-order valence-electron chi connectivity index (χ0n) is 8.59. The average Bonchev–Trinajstić information content (AvgIpc) is 2.19. The van der Waals surface area contributed by atoms with E-state index in [4.69, 9.17) is 4.74 Å². The van der Waals surface area contributed by atoms with Crippen LogP contribution in [0, 0.1) is 6.92 Å².